The van der Waals surface area contributed by atoms with Crippen LogP contribution in [0.2, 0.25) is 18.1 Å². The first-order chi connectivity index (χ1) is 32.6. The lowest BCUT2D eigenvalue weighted by atomic mass is 10.2. The molecule has 0 spiro atoms. The molecule has 0 bridgehead atoms. The molecule has 6 rings (SSSR count). The second-order valence-corrected chi connectivity index (χ2v) is 23.0. The molecule has 0 saturated carbocycles. The van der Waals surface area contributed by atoms with E-state index in [9.17, 15) is 17.6 Å². The van der Waals surface area contributed by atoms with Crippen molar-refractivity contribution in [3.8, 4) is 5.75 Å². The van der Waals surface area contributed by atoms with Crippen molar-refractivity contribution in [1.82, 2.24) is 0 Å². The molecule has 0 fully saturated rings. The highest BCUT2D eigenvalue weighted by molar-refractivity contribution is 6.92. The minimum Gasteiger partial charge on any atom is -0.507 e. The van der Waals surface area contributed by atoms with Gasteiger partial charge in [-0.3, -0.25) is 0 Å². The summed E-state index contributed by atoms with van der Waals surface area (Å²) >= 11 is 0. The van der Waals surface area contributed by atoms with Crippen LogP contribution in [0.1, 0.15) is 20.8 Å². The molecule has 6 aromatic carbocycles. The van der Waals surface area contributed by atoms with Crippen molar-refractivity contribution in [3.05, 3.63) is 175 Å². The van der Waals surface area contributed by atoms with E-state index in [1.807, 2.05) is 161 Å². The van der Waals surface area contributed by atoms with Gasteiger partial charge in [0.15, 0.2) is 17.4 Å². The van der Waals surface area contributed by atoms with Crippen LogP contribution in [-0.4, -0.2) is 118 Å². The summed E-state index contributed by atoms with van der Waals surface area (Å²) in [6.07, 6.45) is 0. The summed E-state index contributed by atoms with van der Waals surface area (Å²) in [4.78, 5) is 10.4. The van der Waals surface area contributed by atoms with Gasteiger partial charge in [-0.1, -0.05) is 125 Å². The zero-order valence-corrected chi connectivity index (χ0v) is 44.5. The topological polar surface area (TPSA) is 127 Å². The lowest BCUT2D eigenvalue weighted by Crippen LogP contribution is -2.53. The Bertz CT molecular complexity index is 1990. The molecule has 5 N–H and O–H groups in total. The summed E-state index contributed by atoms with van der Waals surface area (Å²) in [6.45, 7) is 8.38. The van der Waals surface area contributed by atoms with Gasteiger partial charge in [-0.2, -0.15) is 8.78 Å². The van der Waals surface area contributed by atoms with Crippen LogP contribution in [0.4, 0.5) is 46.0 Å². The SMILES string of the molecule is CC(C)(C)[Si](C)(C)c1c(F)c(F)c(OB(O)O)c(F)c1F.CN(C)c1ccccc1.CN(C)c1ccccc1.CN(C)c1ccccc1.CN(C)c1ccccc1.CN(C)c1ccccc1.OB(O)O. The summed E-state index contributed by atoms with van der Waals surface area (Å²) in [7, 11) is 12.7. The van der Waals surface area contributed by atoms with E-state index in [1.165, 1.54) is 28.4 Å². The second-order valence-electron chi connectivity index (χ2n) is 17.8. The molecule has 0 aliphatic heterocycles. The van der Waals surface area contributed by atoms with Crippen molar-refractivity contribution in [2.75, 3.05) is 95.0 Å². The highest BCUT2D eigenvalue weighted by atomic mass is 28.3. The monoisotopic (exact) mass is 992 g/mol. The van der Waals surface area contributed by atoms with Gasteiger partial charge >= 0.3 is 14.6 Å². The van der Waals surface area contributed by atoms with Gasteiger partial charge in [-0.25, -0.2) is 8.78 Å². The van der Waals surface area contributed by atoms with Crippen molar-refractivity contribution in [1.29, 1.82) is 0 Å². The van der Waals surface area contributed by atoms with Gasteiger partial charge in [-0.15, -0.1) is 0 Å². The van der Waals surface area contributed by atoms with Crippen molar-refractivity contribution in [2.45, 2.75) is 38.9 Å². The Labute approximate surface area is 416 Å². The molecule has 70 heavy (non-hydrogen) atoms. The Morgan fingerprint density at radius 3 is 0.700 bits per heavy atom. The van der Waals surface area contributed by atoms with Crippen LogP contribution in [-0.2, 0) is 0 Å². The largest absolute Gasteiger partial charge is 0.707 e. The number of anilines is 5. The van der Waals surface area contributed by atoms with Gasteiger partial charge in [0.05, 0.1) is 8.07 Å². The molecular formula is C52H75B2F4N5O6Si. The standard InChI is InChI=1S/C12H17BF4O3Si.5C8H11N.BH3O3/c1-12(2,3)21(4,5)11-8(16)6(14)10(20-13(18)19)7(15)9(11)17;5*1-9(2)8-6-4-3-5-7-8;2-1(3)4/h18-19H,1-5H3;5*3-7H,1-2H3;2-4H. The third-order valence-corrected chi connectivity index (χ3v) is 15.7. The lowest BCUT2D eigenvalue weighted by molar-refractivity contribution is 0.268. The first kappa shape index (κ1) is 64.0. The zero-order valence-electron chi connectivity index (χ0n) is 43.5. The molecular weight excluding hydrogens is 916 g/mol. The quantitative estimate of drug-likeness (QED) is 0.0570. The Kier molecular flexibility index (Phi) is 29.9. The third-order valence-electron chi connectivity index (χ3n) is 10.3. The highest BCUT2D eigenvalue weighted by Crippen LogP contribution is 2.38. The van der Waals surface area contributed by atoms with E-state index in [0.29, 0.717) is 0 Å². The molecule has 0 amide bonds. The molecule has 0 unspecified atom stereocenters. The van der Waals surface area contributed by atoms with Crippen LogP contribution in [0.15, 0.2) is 152 Å². The molecule has 0 aliphatic carbocycles. The van der Waals surface area contributed by atoms with Crippen LogP contribution in [0, 0.1) is 23.3 Å². The molecule has 382 valence electrons. The van der Waals surface area contributed by atoms with Crippen molar-refractivity contribution in [2.24, 2.45) is 0 Å². The Morgan fingerprint density at radius 1 is 0.386 bits per heavy atom. The van der Waals surface area contributed by atoms with Gasteiger partial charge < -0.3 is 54.3 Å². The number of halogens is 4. The molecule has 0 aliphatic rings. The average molecular weight is 992 g/mol. The van der Waals surface area contributed by atoms with Gasteiger partial charge in [0.25, 0.3) is 0 Å². The van der Waals surface area contributed by atoms with Gasteiger partial charge in [0, 0.05) is 104 Å². The van der Waals surface area contributed by atoms with Gasteiger partial charge in [-0.05, 0) is 65.7 Å². The van der Waals surface area contributed by atoms with Gasteiger partial charge in [0.2, 0.25) is 11.6 Å². The molecule has 0 radical (unpaired) electrons. The summed E-state index contributed by atoms with van der Waals surface area (Å²) in [5.41, 5.74) is 6.24. The van der Waals surface area contributed by atoms with Crippen LogP contribution >= 0.6 is 0 Å². The molecule has 18 heteroatoms. The Hall–Kier alpha value is -6.01. The second kappa shape index (κ2) is 32.7. The first-order valence-corrected chi connectivity index (χ1v) is 25.1. The summed E-state index contributed by atoms with van der Waals surface area (Å²) in [5, 5.41) is 37.4. The fourth-order valence-electron chi connectivity index (χ4n) is 5.37. The molecule has 11 nitrogen and oxygen atoms in total. The number of para-hydroxylation sites is 5. The predicted octanol–water partition coefficient (Wildman–Crippen LogP) is 9.02. The Morgan fingerprint density at radius 2 is 0.571 bits per heavy atom. The summed E-state index contributed by atoms with van der Waals surface area (Å²) in [5.74, 6) is -8.15. The van der Waals surface area contributed by atoms with E-state index in [-0.39, 0.29) is 0 Å². The summed E-state index contributed by atoms with van der Waals surface area (Å²) in [6, 6.07) is 51.3. The van der Waals surface area contributed by atoms with E-state index >= 15 is 0 Å². The zero-order chi connectivity index (χ0) is 53.8. The fourth-order valence-corrected chi connectivity index (χ4v) is 7.44. The van der Waals surface area contributed by atoms with E-state index in [1.54, 1.807) is 33.9 Å². The maximum Gasteiger partial charge on any atom is 0.707 e. The minimum absolute atomic E-state index is 0.563. The van der Waals surface area contributed by atoms with Crippen molar-refractivity contribution < 1.29 is 47.3 Å². The number of rotatable bonds is 8. The molecule has 0 saturated heterocycles. The normalized spacial score (nSPS) is 10.0. The lowest BCUT2D eigenvalue weighted by Gasteiger charge is -2.37. The van der Waals surface area contributed by atoms with Crippen molar-refractivity contribution >= 4 is 56.3 Å². The van der Waals surface area contributed by atoms with Crippen molar-refractivity contribution in [3.63, 3.8) is 0 Å². The number of hydrogen-bond donors (Lipinski definition) is 5. The minimum atomic E-state index is -2.91. The maximum absolute atomic E-state index is 14.2. The maximum atomic E-state index is 14.2. The van der Waals surface area contributed by atoms with Gasteiger partial charge in [0.1, 0.15) is 0 Å². The molecule has 6 aromatic rings. The van der Waals surface area contributed by atoms with Crippen LogP contribution < -0.4 is 34.3 Å². The van der Waals surface area contributed by atoms with Crippen LogP contribution in [0.25, 0.3) is 0 Å². The van der Waals surface area contributed by atoms with E-state index in [2.05, 4.69) is 89.8 Å². The van der Waals surface area contributed by atoms with E-state index < -0.39 is 62.0 Å². The summed E-state index contributed by atoms with van der Waals surface area (Å²) < 4.78 is 60.1. The Balaban J connectivity index is 0.000000836. The van der Waals surface area contributed by atoms with Crippen LogP contribution in [0.5, 0.6) is 5.75 Å². The predicted molar refractivity (Wildman–Crippen MR) is 290 cm³/mol. The fraction of sp³-hybridized carbons (Fsp3) is 0.308. The number of benzene rings is 6. The smallest absolute Gasteiger partial charge is 0.507 e. The average Bonchev–Trinajstić information content (AvgIpc) is 3.31. The van der Waals surface area contributed by atoms with E-state index in [4.69, 9.17) is 25.1 Å². The third kappa shape index (κ3) is 24.5. The number of hydrogen-bond acceptors (Lipinski definition) is 11. The molecule has 0 atom stereocenters. The van der Waals surface area contributed by atoms with E-state index in [0.717, 1.165) is 0 Å². The number of nitrogens with zero attached hydrogens (tertiary/aromatic N) is 5. The molecule has 0 heterocycles. The molecule has 0 aromatic heterocycles. The first-order valence-electron chi connectivity index (χ1n) is 22.1. The highest BCUT2D eigenvalue weighted by Gasteiger charge is 2.44. The van der Waals surface area contributed by atoms with Crippen LogP contribution in [0.3, 0.4) is 0 Å².